The maximum Gasteiger partial charge on any atom is 0.260 e. The summed E-state index contributed by atoms with van der Waals surface area (Å²) in [5.74, 6) is 0.647. The van der Waals surface area contributed by atoms with Crippen molar-refractivity contribution in [1.82, 2.24) is 4.90 Å². The second-order valence-corrected chi connectivity index (χ2v) is 5.36. The molecule has 1 aliphatic rings. The molecule has 1 amide bonds. The van der Waals surface area contributed by atoms with E-state index in [0.717, 1.165) is 0 Å². The highest BCUT2D eigenvalue weighted by atomic mass is 35.5. The van der Waals surface area contributed by atoms with Crippen LogP contribution in [0.1, 0.15) is 13.3 Å². The normalized spacial score (nSPS) is 23.2. The lowest BCUT2D eigenvalue weighted by molar-refractivity contribution is -0.136. The summed E-state index contributed by atoms with van der Waals surface area (Å²) < 4.78 is 5.43. The molecule has 104 valence electrons. The fraction of sp³-hybridized carbons (Fsp3) is 0.500. The molecule has 2 unspecified atom stereocenters. The summed E-state index contributed by atoms with van der Waals surface area (Å²) in [6, 6.07) is 6.98. The first-order valence-electron chi connectivity index (χ1n) is 6.40. The van der Waals surface area contributed by atoms with Crippen LogP contribution >= 0.6 is 11.6 Å². The second kappa shape index (κ2) is 6.26. The predicted molar refractivity (Wildman–Crippen MR) is 73.3 cm³/mol. The summed E-state index contributed by atoms with van der Waals surface area (Å²) in [7, 11) is 0. The summed E-state index contributed by atoms with van der Waals surface area (Å²) >= 11 is 5.84. The van der Waals surface area contributed by atoms with E-state index in [1.165, 1.54) is 0 Å². The number of likely N-dealkylation sites (tertiary alicyclic amines) is 1. The molecule has 19 heavy (non-hydrogen) atoms. The summed E-state index contributed by atoms with van der Waals surface area (Å²) in [4.78, 5) is 13.7. The first-order chi connectivity index (χ1) is 9.06. The van der Waals surface area contributed by atoms with Gasteiger partial charge in [0.05, 0.1) is 6.10 Å². The summed E-state index contributed by atoms with van der Waals surface area (Å²) in [5.41, 5.74) is 0. The standard InChI is InChI=1S/C14H18ClNO3/c1-10-8-16(6-5-13(10)17)14(18)9-19-12-4-2-3-11(15)7-12/h2-4,7,10,13,17H,5-6,8-9H2,1H3. The van der Waals surface area contributed by atoms with Crippen molar-refractivity contribution in [2.45, 2.75) is 19.4 Å². The molecule has 0 spiro atoms. The van der Waals surface area contributed by atoms with Crippen molar-refractivity contribution in [3.05, 3.63) is 29.3 Å². The Morgan fingerprint density at radius 2 is 2.37 bits per heavy atom. The molecule has 2 atom stereocenters. The van der Waals surface area contributed by atoms with Crippen LogP contribution in [0.15, 0.2) is 24.3 Å². The molecule has 1 aromatic carbocycles. The van der Waals surface area contributed by atoms with Crippen LogP contribution in [-0.4, -0.2) is 41.7 Å². The summed E-state index contributed by atoms with van der Waals surface area (Å²) in [6.45, 7) is 3.12. The minimum Gasteiger partial charge on any atom is -0.484 e. The molecular weight excluding hydrogens is 266 g/mol. The molecule has 4 nitrogen and oxygen atoms in total. The Labute approximate surface area is 117 Å². The topological polar surface area (TPSA) is 49.8 Å². The van der Waals surface area contributed by atoms with Crippen LogP contribution in [0.25, 0.3) is 0 Å². The number of aliphatic hydroxyl groups is 1. The Morgan fingerprint density at radius 1 is 1.58 bits per heavy atom. The van der Waals surface area contributed by atoms with E-state index >= 15 is 0 Å². The largest absolute Gasteiger partial charge is 0.484 e. The first kappa shape index (κ1) is 14.2. The van der Waals surface area contributed by atoms with Gasteiger partial charge in [0.15, 0.2) is 6.61 Å². The van der Waals surface area contributed by atoms with Crippen molar-refractivity contribution in [2.24, 2.45) is 5.92 Å². The molecule has 1 aromatic rings. The molecule has 2 rings (SSSR count). The zero-order valence-electron chi connectivity index (χ0n) is 10.9. The van der Waals surface area contributed by atoms with Gasteiger partial charge in [0.1, 0.15) is 5.75 Å². The van der Waals surface area contributed by atoms with Gasteiger partial charge < -0.3 is 14.7 Å². The van der Waals surface area contributed by atoms with Crippen molar-refractivity contribution in [3.63, 3.8) is 0 Å². The van der Waals surface area contributed by atoms with Crippen molar-refractivity contribution >= 4 is 17.5 Å². The van der Waals surface area contributed by atoms with Crippen LogP contribution in [0, 0.1) is 5.92 Å². The molecule has 0 saturated carbocycles. The van der Waals surface area contributed by atoms with Gasteiger partial charge in [-0.3, -0.25) is 4.79 Å². The molecule has 1 fully saturated rings. The Bertz CT molecular complexity index is 452. The monoisotopic (exact) mass is 283 g/mol. The molecule has 5 heteroatoms. The van der Waals surface area contributed by atoms with Crippen molar-refractivity contribution in [2.75, 3.05) is 19.7 Å². The van der Waals surface area contributed by atoms with E-state index in [9.17, 15) is 9.90 Å². The van der Waals surface area contributed by atoms with Crippen molar-refractivity contribution in [3.8, 4) is 5.75 Å². The molecule has 1 heterocycles. The maximum absolute atomic E-state index is 12.0. The highest BCUT2D eigenvalue weighted by Crippen LogP contribution is 2.19. The smallest absolute Gasteiger partial charge is 0.260 e. The number of carbonyl (C=O) groups excluding carboxylic acids is 1. The number of nitrogens with zero attached hydrogens (tertiary/aromatic N) is 1. The third-order valence-electron chi connectivity index (χ3n) is 3.37. The minimum atomic E-state index is -0.308. The van der Waals surface area contributed by atoms with Gasteiger partial charge in [0.25, 0.3) is 5.91 Å². The maximum atomic E-state index is 12.0. The van der Waals surface area contributed by atoms with E-state index in [1.807, 2.05) is 6.92 Å². The number of ether oxygens (including phenoxy) is 1. The van der Waals surface area contributed by atoms with Gasteiger partial charge in [-0.05, 0) is 30.5 Å². The predicted octanol–water partition coefficient (Wildman–Crippen LogP) is 1.95. The van der Waals surface area contributed by atoms with Crippen LogP contribution in [-0.2, 0) is 4.79 Å². The number of hydrogen-bond acceptors (Lipinski definition) is 3. The third-order valence-corrected chi connectivity index (χ3v) is 3.61. The molecule has 1 aliphatic heterocycles. The van der Waals surface area contributed by atoms with Crippen LogP contribution in [0.2, 0.25) is 5.02 Å². The Hall–Kier alpha value is -1.26. The molecular formula is C14H18ClNO3. The summed E-state index contributed by atoms with van der Waals surface area (Å²) in [5, 5.41) is 10.2. The lowest BCUT2D eigenvalue weighted by atomic mass is 9.97. The third kappa shape index (κ3) is 3.85. The fourth-order valence-corrected chi connectivity index (χ4v) is 2.33. The van der Waals surface area contributed by atoms with Gasteiger partial charge in [0.2, 0.25) is 0 Å². The Kier molecular flexibility index (Phi) is 4.66. The molecule has 0 aliphatic carbocycles. The summed E-state index contributed by atoms with van der Waals surface area (Å²) in [6.07, 6.45) is 0.322. The molecule has 1 N–H and O–H groups in total. The van der Waals surface area contributed by atoms with Crippen LogP contribution in [0.5, 0.6) is 5.75 Å². The molecule has 0 bridgehead atoms. The Balaban J connectivity index is 1.84. The van der Waals surface area contributed by atoms with E-state index in [1.54, 1.807) is 29.2 Å². The van der Waals surface area contributed by atoms with Gasteiger partial charge >= 0.3 is 0 Å². The van der Waals surface area contributed by atoms with E-state index in [0.29, 0.717) is 30.3 Å². The van der Waals surface area contributed by atoms with E-state index < -0.39 is 0 Å². The van der Waals surface area contributed by atoms with Gasteiger partial charge in [-0.1, -0.05) is 24.6 Å². The number of carbonyl (C=O) groups is 1. The second-order valence-electron chi connectivity index (χ2n) is 4.92. The average molecular weight is 284 g/mol. The SMILES string of the molecule is CC1CN(C(=O)COc2cccc(Cl)c2)CCC1O. The lowest BCUT2D eigenvalue weighted by Crippen LogP contribution is -2.46. The fourth-order valence-electron chi connectivity index (χ4n) is 2.15. The molecule has 0 radical (unpaired) electrons. The molecule has 0 aromatic heterocycles. The van der Waals surface area contributed by atoms with E-state index in [-0.39, 0.29) is 24.5 Å². The van der Waals surface area contributed by atoms with E-state index in [4.69, 9.17) is 16.3 Å². The number of rotatable bonds is 3. The number of hydrogen-bond donors (Lipinski definition) is 1. The van der Waals surface area contributed by atoms with Gasteiger partial charge in [-0.2, -0.15) is 0 Å². The van der Waals surface area contributed by atoms with Crippen LogP contribution < -0.4 is 4.74 Å². The van der Waals surface area contributed by atoms with Crippen LogP contribution in [0.3, 0.4) is 0 Å². The zero-order chi connectivity index (χ0) is 13.8. The quantitative estimate of drug-likeness (QED) is 0.922. The number of piperidine rings is 1. The average Bonchev–Trinajstić information content (AvgIpc) is 2.39. The highest BCUT2D eigenvalue weighted by molar-refractivity contribution is 6.30. The Morgan fingerprint density at radius 3 is 3.05 bits per heavy atom. The van der Waals surface area contributed by atoms with E-state index in [2.05, 4.69) is 0 Å². The van der Waals surface area contributed by atoms with Gasteiger partial charge in [0, 0.05) is 18.1 Å². The zero-order valence-corrected chi connectivity index (χ0v) is 11.6. The number of benzene rings is 1. The van der Waals surface area contributed by atoms with Crippen molar-refractivity contribution in [1.29, 1.82) is 0 Å². The van der Waals surface area contributed by atoms with Crippen LogP contribution in [0.4, 0.5) is 0 Å². The number of aliphatic hydroxyl groups excluding tert-OH is 1. The first-order valence-corrected chi connectivity index (χ1v) is 6.78. The van der Waals surface area contributed by atoms with Gasteiger partial charge in [-0.15, -0.1) is 0 Å². The number of halogens is 1. The number of amides is 1. The highest BCUT2D eigenvalue weighted by Gasteiger charge is 2.27. The van der Waals surface area contributed by atoms with Gasteiger partial charge in [-0.25, -0.2) is 0 Å². The van der Waals surface area contributed by atoms with Crippen molar-refractivity contribution < 1.29 is 14.6 Å². The minimum absolute atomic E-state index is 0.00313. The molecule has 1 saturated heterocycles. The lowest BCUT2D eigenvalue weighted by Gasteiger charge is -2.34.